The number of aromatic nitrogens is 2. The number of alkyl halides is 1. The Morgan fingerprint density at radius 2 is 2.22 bits per heavy atom. The fourth-order valence-electron chi connectivity index (χ4n) is 2.01. The first kappa shape index (κ1) is 11.2. The van der Waals surface area contributed by atoms with Crippen LogP contribution in [0.4, 0.5) is 5.69 Å². The smallest absolute Gasteiger partial charge is 0.228 e. The summed E-state index contributed by atoms with van der Waals surface area (Å²) in [5, 5.41) is 2.81. The summed E-state index contributed by atoms with van der Waals surface area (Å²) in [6.45, 7) is 0. The predicted molar refractivity (Wildman–Crippen MR) is 69.4 cm³/mol. The Balaban J connectivity index is 2.02. The molecule has 4 nitrogen and oxygen atoms in total. The summed E-state index contributed by atoms with van der Waals surface area (Å²) < 4.78 is 0. The Morgan fingerprint density at radius 1 is 1.33 bits per heavy atom. The van der Waals surface area contributed by atoms with Gasteiger partial charge in [0.1, 0.15) is 5.82 Å². The van der Waals surface area contributed by atoms with Crippen molar-refractivity contribution in [3.63, 3.8) is 0 Å². The van der Waals surface area contributed by atoms with E-state index < -0.39 is 0 Å². The van der Waals surface area contributed by atoms with E-state index in [1.165, 1.54) is 0 Å². The van der Waals surface area contributed by atoms with Crippen LogP contribution in [-0.2, 0) is 17.1 Å². The standard InChI is InChI=1S/C13H10ClN3O/c14-7-12-15-4-3-11(16-12)8-1-2-10-9(5-8)6-13(18)17-10/h1-5H,6-7H2,(H,17,18). The van der Waals surface area contributed by atoms with E-state index in [1.807, 2.05) is 24.3 Å². The molecule has 0 bridgehead atoms. The number of hydrogen-bond acceptors (Lipinski definition) is 3. The number of fused-ring (bicyclic) bond motifs is 1. The monoisotopic (exact) mass is 259 g/mol. The lowest BCUT2D eigenvalue weighted by atomic mass is 10.1. The van der Waals surface area contributed by atoms with Gasteiger partial charge in [-0.3, -0.25) is 4.79 Å². The van der Waals surface area contributed by atoms with Crippen LogP contribution >= 0.6 is 11.6 Å². The maximum absolute atomic E-state index is 11.3. The first-order valence-electron chi connectivity index (χ1n) is 5.57. The second-order valence-electron chi connectivity index (χ2n) is 4.09. The van der Waals surface area contributed by atoms with E-state index in [-0.39, 0.29) is 5.91 Å². The average molecular weight is 260 g/mol. The second kappa shape index (κ2) is 4.38. The van der Waals surface area contributed by atoms with Gasteiger partial charge in [-0.25, -0.2) is 9.97 Å². The molecule has 0 saturated carbocycles. The van der Waals surface area contributed by atoms with Crippen LogP contribution in [0.1, 0.15) is 11.4 Å². The topological polar surface area (TPSA) is 54.9 Å². The van der Waals surface area contributed by atoms with Crippen molar-refractivity contribution >= 4 is 23.2 Å². The Morgan fingerprint density at radius 3 is 3.06 bits per heavy atom. The molecule has 3 rings (SSSR count). The van der Waals surface area contributed by atoms with E-state index in [4.69, 9.17) is 11.6 Å². The van der Waals surface area contributed by atoms with Crippen LogP contribution in [0, 0.1) is 0 Å². The van der Waals surface area contributed by atoms with E-state index in [9.17, 15) is 4.79 Å². The molecule has 0 fully saturated rings. The lowest BCUT2D eigenvalue weighted by Gasteiger charge is -2.04. The van der Waals surface area contributed by atoms with E-state index in [1.54, 1.807) is 6.20 Å². The van der Waals surface area contributed by atoms with Crippen LogP contribution in [0.25, 0.3) is 11.3 Å². The molecular weight excluding hydrogens is 250 g/mol. The van der Waals surface area contributed by atoms with Crippen molar-refractivity contribution in [2.45, 2.75) is 12.3 Å². The highest BCUT2D eigenvalue weighted by molar-refractivity contribution is 6.16. The fourth-order valence-corrected chi connectivity index (χ4v) is 2.14. The number of benzene rings is 1. The van der Waals surface area contributed by atoms with Gasteiger partial charge in [-0.15, -0.1) is 11.6 Å². The quantitative estimate of drug-likeness (QED) is 0.843. The zero-order chi connectivity index (χ0) is 12.5. The lowest BCUT2D eigenvalue weighted by Crippen LogP contribution is -2.03. The predicted octanol–water partition coefficient (Wildman–Crippen LogP) is 2.38. The molecule has 1 aromatic heterocycles. The number of rotatable bonds is 2. The maximum atomic E-state index is 11.3. The SMILES string of the molecule is O=C1Cc2cc(-c3ccnc(CCl)n3)ccc2N1. The third-order valence-corrected chi connectivity index (χ3v) is 3.09. The van der Waals surface area contributed by atoms with Gasteiger partial charge in [-0.2, -0.15) is 0 Å². The zero-order valence-corrected chi connectivity index (χ0v) is 10.2. The summed E-state index contributed by atoms with van der Waals surface area (Å²) >= 11 is 5.72. The lowest BCUT2D eigenvalue weighted by molar-refractivity contribution is -0.115. The summed E-state index contributed by atoms with van der Waals surface area (Å²) in [7, 11) is 0. The van der Waals surface area contributed by atoms with E-state index in [0.29, 0.717) is 18.1 Å². The van der Waals surface area contributed by atoms with Crippen LogP contribution in [0.5, 0.6) is 0 Å². The van der Waals surface area contributed by atoms with Gasteiger partial charge in [0.2, 0.25) is 5.91 Å². The molecule has 1 aromatic carbocycles. The minimum atomic E-state index is 0.0336. The molecule has 1 N–H and O–H groups in total. The normalized spacial score (nSPS) is 13.3. The first-order valence-corrected chi connectivity index (χ1v) is 6.11. The van der Waals surface area contributed by atoms with Crippen LogP contribution in [0.3, 0.4) is 0 Å². The van der Waals surface area contributed by atoms with Gasteiger partial charge in [-0.05, 0) is 23.8 Å². The summed E-state index contributed by atoms with van der Waals surface area (Å²) in [5.41, 5.74) is 3.68. The van der Waals surface area contributed by atoms with E-state index >= 15 is 0 Å². The molecule has 0 saturated heterocycles. The largest absolute Gasteiger partial charge is 0.326 e. The molecule has 0 atom stereocenters. The fraction of sp³-hybridized carbons (Fsp3) is 0.154. The number of amides is 1. The van der Waals surface area contributed by atoms with Gasteiger partial charge in [0, 0.05) is 17.4 Å². The van der Waals surface area contributed by atoms with Gasteiger partial charge in [0.05, 0.1) is 18.0 Å². The molecule has 5 heteroatoms. The first-order chi connectivity index (χ1) is 8.76. The second-order valence-corrected chi connectivity index (χ2v) is 4.36. The number of hydrogen-bond donors (Lipinski definition) is 1. The van der Waals surface area contributed by atoms with Gasteiger partial charge in [-0.1, -0.05) is 6.07 Å². The average Bonchev–Trinajstić information content (AvgIpc) is 2.77. The van der Waals surface area contributed by atoms with Gasteiger partial charge < -0.3 is 5.32 Å². The van der Waals surface area contributed by atoms with Crippen molar-refractivity contribution in [1.29, 1.82) is 0 Å². The Kier molecular flexibility index (Phi) is 2.72. The molecule has 2 heterocycles. The molecule has 0 spiro atoms. The number of carbonyl (C=O) groups excluding carboxylic acids is 1. The molecule has 1 aliphatic heterocycles. The summed E-state index contributed by atoms with van der Waals surface area (Å²) in [6.07, 6.45) is 2.12. The highest BCUT2D eigenvalue weighted by Crippen LogP contribution is 2.28. The molecule has 2 aromatic rings. The summed E-state index contributed by atoms with van der Waals surface area (Å²) in [6, 6.07) is 7.65. The van der Waals surface area contributed by atoms with Gasteiger partial charge in [0.15, 0.2) is 0 Å². The molecule has 90 valence electrons. The molecular formula is C13H10ClN3O. The van der Waals surface area contributed by atoms with Crippen molar-refractivity contribution in [3.8, 4) is 11.3 Å². The molecule has 1 amide bonds. The summed E-state index contributed by atoms with van der Waals surface area (Å²) in [4.78, 5) is 19.7. The molecule has 0 unspecified atom stereocenters. The molecule has 0 radical (unpaired) electrons. The number of nitrogens with zero attached hydrogens (tertiary/aromatic N) is 2. The number of anilines is 1. The van der Waals surface area contributed by atoms with Gasteiger partial charge >= 0.3 is 0 Å². The number of carbonyl (C=O) groups is 1. The minimum Gasteiger partial charge on any atom is -0.326 e. The van der Waals surface area contributed by atoms with Crippen LogP contribution in [-0.4, -0.2) is 15.9 Å². The van der Waals surface area contributed by atoms with Crippen molar-refractivity contribution in [3.05, 3.63) is 41.9 Å². The van der Waals surface area contributed by atoms with Crippen molar-refractivity contribution in [1.82, 2.24) is 9.97 Å². The van der Waals surface area contributed by atoms with E-state index in [2.05, 4.69) is 15.3 Å². The van der Waals surface area contributed by atoms with Crippen molar-refractivity contribution in [2.75, 3.05) is 5.32 Å². The third-order valence-electron chi connectivity index (χ3n) is 2.85. The number of nitrogens with one attached hydrogen (secondary N) is 1. The molecule has 0 aliphatic carbocycles. The maximum Gasteiger partial charge on any atom is 0.228 e. The Bertz CT molecular complexity index is 627. The van der Waals surface area contributed by atoms with Crippen molar-refractivity contribution in [2.24, 2.45) is 0 Å². The highest BCUT2D eigenvalue weighted by atomic mass is 35.5. The Hall–Kier alpha value is -1.94. The number of halogens is 1. The Labute approximate surface area is 109 Å². The third kappa shape index (κ3) is 1.95. The van der Waals surface area contributed by atoms with Crippen LogP contribution in [0.15, 0.2) is 30.5 Å². The van der Waals surface area contributed by atoms with E-state index in [0.717, 1.165) is 22.5 Å². The van der Waals surface area contributed by atoms with Crippen molar-refractivity contribution < 1.29 is 4.79 Å². The molecule has 18 heavy (non-hydrogen) atoms. The van der Waals surface area contributed by atoms with Crippen LogP contribution in [0.2, 0.25) is 0 Å². The summed E-state index contributed by atoms with van der Waals surface area (Å²) in [5.74, 6) is 0.925. The zero-order valence-electron chi connectivity index (χ0n) is 9.48. The molecule has 1 aliphatic rings. The minimum absolute atomic E-state index is 0.0336. The van der Waals surface area contributed by atoms with Gasteiger partial charge in [0.25, 0.3) is 0 Å². The highest BCUT2D eigenvalue weighted by Gasteiger charge is 2.17. The van der Waals surface area contributed by atoms with Crippen LogP contribution < -0.4 is 5.32 Å².